The van der Waals surface area contributed by atoms with Crippen molar-refractivity contribution in [2.24, 2.45) is 0 Å². The van der Waals surface area contributed by atoms with Crippen molar-refractivity contribution in [3.8, 4) is 11.3 Å². The molecular formula is C28H34FN5O2. The first-order chi connectivity index (χ1) is 17.2. The number of likely N-dealkylation sites (tertiary alicyclic amines) is 1. The largest absolute Gasteiger partial charge is 0.397 e. The van der Waals surface area contributed by atoms with E-state index < -0.39 is 11.7 Å². The SMILES string of the molecule is C=C/C(NC(=O)c1nc(-c2cc(C(=O)NC(C)C)ccc2F)ccc1N)=C(\C=C/C)N1CCCCC1. The number of hydrogen-bond donors (Lipinski definition) is 3. The molecule has 1 aromatic heterocycles. The highest BCUT2D eigenvalue weighted by atomic mass is 19.1. The Morgan fingerprint density at radius 3 is 2.50 bits per heavy atom. The molecule has 2 amide bonds. The highest BCUT2D eigenvalue weighted by molar-refractivity contribution is 5.99. The summed E-state index contributed by atoms with van der Waals surface area (Å²) in [5.41, 5.74) is 8.20. The van der Waals surface area contributed by atoms with Gasteiger partial charge in [-0.15, -0.1) is 0 Å². The van der Waals surface area contributed by atoms with Crippen molar-refractivity contribution in [2.75, 3.05) is 18.8 Å². The molecule has 0 bridgehead atoms. The van der Waals surface area contributed by atoms with Crippen LogP contribution in [0.15, 0.2) is 66.5 Å². The molecule has 2 heterocycles. The van der Waals surface area contributed by atoms with Crippen LogP contribution in [0.2, 0.25) is 0 Å². The van der Waals surface area contributed by atoms with Gasteiger partial charge < -0.3 is 21.3 Å². The van der Waals surface area contributed by atoms with Gasteiger partial charge in [0.15, 0.2) is 5.69 Å². The summed E-state index contributed by atoms with van der Waals surface area (Å²) in [6.07, 6.45) is 8.79. The average molecular weight is 492 g/mol. The van der Waals surface area contributed by atoms with Crippen LogP contribution in [0.25, 0.3) is 11.3 Å². The van der Waals surface area contributed by atoms with E-state index in [0.717, 1.165) is 31.6 Å². The van der Waals surface area contributed by atoms with E-state index in [1.54, 1.807) is 6.08 Å². The van der Waals surface area contributed by atoms with Crippen LogP contribution in [-0.2, 0) is 0 Å². The van der Waals surface area contributed by atoms with Gasteiger partial charge in [0.05, 0.1) is 22.8 Å². The van der Waals surface area contributed by atoms with Gasteiger partial charge in [-0.05, 0) is 82.5 Å². The second-order valence-corrected chi connectivity index (χ2v) is 8.96. The number of nitrogen functional groups attached to an aromatic ring is 1. The van der Waals surface area contributed by atoms with Crippen molar-refractivity contribution in [1.82, 2.24) is 20.5 Å². The summed E-state index contributed by atoms with van der Waals surface area (Å²) in [5, 5.41) is 5.66. The van der Waals surface area contributed by atoms with Gasteiger partial charge in [-0.1, -0.05) is 12.7 Å². The van der Waals surface area contributed by atoms with Crippen molar-refractivity contribution in [3.05, 3.63) is 83.6 Å². The fourth-order valence-corrected chi connectivity index (χ4v) is 4.07. The second-order valence-electron chi connectivity index (χ2n) is 8.96. The van der Waals surface area contributed by atoms with Crippen LogP contribution in [0.4, 0.5) is 10.1 Å². The van der Waals surface area contributed by atoms with Crippen LogP contribution >= 0.6 is 0 Å². The summed E-state index contributed by atoms with van der Waals surface area (Å²) in [5.74, 6) is -1.42. The van der Waals surface area contributed by atoms with E-state index in [1.807, 2.05) is 32.9 Å². The van der Waals surface area contributed by atoms with Crippen molar-refractivity contribution in [3.63, 3.8) is 0 Å². The summed E-state index contributed by atoms with van der Waals surface area (Å²) >= 11 is 0. The van der Waals surface area contributed by atoms with Gasteiger partial charge in [-0.25, -0.2) is 9.37 Å². The van der Waals surface area contributed by atoms with Gasteiger partial charge in [0.25, 0.3) is 11.8 Å². The van der Waals surface area contributed by atoms with E-state index in [0.29, 0.717) is 11.3 Å². The Bertz CT molecular complexity index is 1200. The summed E-state index contributed by atoms with van der Waals surface area (Å²) in [6, 6.07) is 7.00. The fourth-order valence-electron chi connectivity index (χ4n) is 4.07. The lowest BCUT2D eigenvalue weighted by molar-refractivity contribution is 0.0939. The Balaban J connectivity index is 1.96. The number of nitrogens with one attached hydrogen (secondary N) is 2. The van der Waals surface area contributed by atoms with E-state index in [4.69, 9.17) is 5.73 Å². The predicted molar refractivity (Wildman–Crippen MR) is 142 cm³/mol. The molecule has 8 heteroatoms. The molecule has 7 nitrogen and oxygen atoms in total. The van der Waals surface area contributed by atoms with Crippen LogP contribution < -0.4 is 16.4 Å². The number of hydrogen-bond acceptors (Lipinski definition) is 5. The molecule has 1 aromatic carbocycles. The lowest BCUT2D eigenvalue weighted by Gasteiger charge is -2.31. The smallest absolute Gasteiger partial charge is 0.276 e. The zero-order valence-corrected chi connectivity index (χ0v) is 21.1. The molecule has 36 heavy (non-hydrogen) atoms. The van der Waals surface area contributed by atoms with E-state index in [1.165, 1.54) is 36.8 Å². The highest BCUT2D eigenvalue weighted by Crippen LogP contribution is 2.25. The van der Waals surface area contributed by atoms with E-state index >= 15 is 0 Å². The molecule has 1 saturated heterocycles. The third-order valence-electron chi connectivity index (χ3n) is 5.82. The van der Waals surface area contributed by atoms with Gasteiger partial charge in [0, 0.05) is 30.3 Å². The van der Waals surface area contributed by atoms with Gasteiger partial charge in [0.1, 0.15) is 5.82 Å². The van der Waals surface area contributed by atoms with Crippen molar-refractivity contribution in [2.45, 2.75) is 46.1 Å². The molecule has 1 fully saturated rings. The number of nitrogens with zero attached hydrogens (tertiary/aromatic N) is 2. The van der Waals surface area contributed by atoms with Crippen LogP contribution in [0.3, 0.4) is 0 Å². The number of amides is 2. The highest BCUT2D eigenvalue weighted by Gasteiger charge is 2.20. The standard InChI is InChI=1S/C28H34FN5O2/c1-5-10-25(34-15-8-7-9-16-34)23(6-2)33-28(36)26-22(30)13-14-24(32-26)20-17-19(11-12-21(20)29)27(35)31-18(3)4/h5-6,10-14,17-18H,2,7-9,15-16,30H2,1,3-4H3,(H,31,35)(H,33,36)/b10-5-,25-23-. The molecule has 1 aliphatic heterocycles. The van der Waals surface area contributed by atoms with Crippen LogP contribution in [0.1, 0.15) is 60.9 Å². The number of anilines is 1. The maximum absolute atomic E-state index is 14.7. The Labute approximate surface area is 212 Å². The summed E-state index contributed by atoms with van der Waals surface area (Å²) < 4.78 is 14.7. The third-order valence-corrected chi connectivity index (χ3v) is 5.82. The number of piperidine rings is 1. The predicted octanol–water partition coefficient (Wildman–Crippen LogP) is 4.80. The topological polar surface area (TPSA) is 100 Å². The molecule has 2 aromatic rings. The first kappa shape index (κ1) is 26.7. The number of pyridine rings is 1. The van der Waals surface area contributed by atoms with Gasteiger partial charge in [-0.3, -0.25) is 9.59 Å². The van der Waals surface area contributed by atoms with E-state index in [-0.39, 0.29) is 34.6 Å². The number of aromatic nitrogens is 1. The molecule has 0 spiro atoms. The number of rotatable bonds is 8. The van der Waals surface area contributed by atoms with Crippen LogP contribution in [-0.4, -0.2) is 40.8 Å². The number of carbonyl (C=O) groups is 2. The quantitative estimate of drug-likeness (QED) is 0.461. The van der Waals surface area contributed by atoms with Crippen molar-refractivity contribution in [1.29, 1.82) is 0 Å². The molecule has 4 N–H and O–H groups in total. The van der Waals surface area contributed by atoms with Gasteiger partial charge in [0.2, 0.25) is 0 Å². The Kier molecular flexibility index (Phi) is 9.00. The summed E-state index contributed by atoms with van der Waals surface area (Å²) in [4.78, 5) is 32.3. The van der Waals surface area contributed by atoms with Gasteiger partial charge in [-0.2, -0.15) is 0 Å². The Hall–Kier alpha value is -3.94. The number of nitrogens with two attached hydrogens (primary N) is 1. The van der Waals surface area contributed by atoms with Gasteiger partial charge >= 0.3 is 0 Å². The number of halogens is 1. The fraction of sp³-hybridized carbons (Fsp3) is 0.321. The molecule has 0 radical (unpaired) electrons. The van der Waals surface area contributed by atoms with Crippen LogP contribution in [0.5, 0.6) is 0 Å². The second kappa shape index (κ2) is 12.2. The zero-order chi connectivity index (χ0) is 26.2. The lowest BCUT2D eigenvalue weighted by Crippen LogP contribution is -2.33. The maximum atomic E-state index is 14.7. The molecule has 0 unspecified atom stereocenters. The molecule has 1 aliphatic rings. The lowest BCUT2D eigenvalue weighted by atomic mass is 10.0. The number of benzene rings is 1. The first-order valence-electron chi connectivity index (χ1n) is 12.2. The zero-order valence-electron chi connectivity index (χ0n) is 21.1. The molecule has 0 aliphatic carbocycles. The normalized spacial score (nSPS) is 14.5. The van der Waals surface area contributed by atoms with E-state index in [9.17, 15) is 14.0 Å². The minimum Gasteiger partial charge on any atom is -0.397 e. The molecular weight excluding hydrogens is 457 g/mol. The average Bonchev–Trinajstić information content (AvgIpc) is 2.86. The summed E-state index contributed by atoms with van der Waals surface area (Å²) in [6.45, 7) is 11.3. The molecule has 0 saturated carbocycles. The Morgan fingerprint density at radius 1 is 1.14 bits per heavy atom. The third kappa shape index (κ3) is 6.38. The monoisotopic (exact) mass is 491 g/mol. The van der Waals surface area contributed by atoms with Crippen molar-refractivity contribution >= 4 is 17.5 Å². The first-order valence-corrected chi connectivity index (χ1v) is 12.2. The summed E-state index contributed by atoms with van der Waals surface area (Å²) in [7, 11) is 0. The van der Waals surface area contributed by atoms with E-state index in [2.05, 4.69) is 27.1 Å². The number of allylic oxidation sites excluding steroid dienone is 3. The number of carbonyl (C=O) groups excluding carboxylic acids is 2. The van der Waals surface area contributed by atoms with Crippen LogP contribution in [0, 0.1) is 5.82 Å². The molecule has 190 valence electrons. The van der Waals surface area contributed by atoms with Crippen molar-refractivity contribution < 1.29 is 14.0 Å². The molecule has 3 rings (SSSR count). The Morgan fingerprint density at radius 2 is 1.86 bits per heavy atom. The molecule has 0 atom stereocenters. The maximum Gasteiger partial charge on any atom is 0.276 e. The minimum absolute atomic E-state index is 0.0400. The minimum atomic E-state index is -0.563.